The lowest BCUT2D eigenvalue weighted by Gasteiger charge is -2.10. The van der Waals surface area contributed by atoms with Crippen LogP contribution in [0.1, 0.15) is 15.9 Å². The van der Waals surface area contributed by atoms with Gasteiger partial charge in [0, 0.05) is 15.6 Å². The second kappa shape index (κ2) is 5.86. The van der Waals surface area contributed by atoms with E-state index in [0.29, 0.717) is 22.6 Å². The summed E-state index contributed by atoms with van der Waals surface area (Å²) >= 11 is 3.35. The van der Waals surface area contributed by atoms with Gasteiger partial charge in [-0.25, -0.2) is 0 Å². The summed E-state index contributed by atoms with van der Waals surface area (Å²) in [5, 5.41) is 9.25. The Kier molecular flexibility index (Phi) is 4.19. The van der Waals surface area contributed by atoms with E-state index in [9.17, 15) is 9.90 Å². The predicted molar refractivity (Wildman–Crippen MR) is 75.1 cm³/mol. The molecule has 0 unspecified atom stereocenters. The Morgan fingerprint density at radius 3 is 2.47 bits per heavy atom. The molecule has 0 bridgehead atoms. The van der Waals surface area contributed by atoms with E-state index in [4.69, 9.17) is 10.5 Å². The van der Waals surface area contributed by atoms with Crippen LogP contribution >= 0.6 is 15.9 Å². The van der Waals surface area contributed by atoms with E-state index < -0.39 is 5.91 Å². The van der Waals surface area contributed by atoms with Crippen LogP contribution in [0.3, 0.4) is 0 Å². The van der Waals surface area contributed by atoms with E-state index in [2.05, 4.69) is 15.9 Å². The van der Waals surface area contributed by atoms with Crippen molar-refractivity contribution in [1.82, 2.24) is 0 Å². The van der Waals surface area contributed by atoms with Crippen molar-refractivity contribution in [2.75, 3.05) is 0 Å². The molecule has 0 heterocycles. The van der Waals surface area contributed by atoms with Crippen LogP contribution in [0.5, 0.6) is 11.5 Å². The topological polar surface area (TPSA) is 72.6 Å². The molecule has 0 aliphatic rings. The van der Waals surface area contributed by atoms with Gasteiger partial charge in [-0.1, -0.05) is 22.0 Å². The second-order valence-electron chi connectivity index (χ2n) is 3.90. The van der Waals surface area contributed by atoms with Gasteiger partial charge in [-0.3, -0.25) is 4.79 Å². The highest BCUT2D eigenvalue weighted by Gasteiger charge is 2.06. The van der Waals surface area contributed by atoms with Crippen LogP contribution in [0.25, 0.3) is 0 Å². The van der Waals surface area contributed by atoms with Crippen molar-refractivity contribution in [1.29, 1.82) is 0 Å². The lowest BCUT2D eigenvalue weighted by atomic mass is 10.2. The van der Waals surface area contributed by atoms with Crippen LogP contribution in [0.15, 0.2) is 46.9 Å². The summed E-state index contributed by atoms with van der Waals surface area (Å²) < 4.78 is 6.53. The van der Waals surface area contributed by atoms with Crippen LogP contribution < -0.4 is 10.5 Å². The number of hydrogen-bond acceptors (Lipinski definition) is 3. The Morgan fingerprint density at radius 2 is 1.89 bits per heavy atom. The molecule has 3 N–H and O–H groups in total. The standard InChI is InChI=1S/C14H12BrNO3/c15-11-4-1-10(8-17)13(7-11)19-12-5-2-9(3-6-12)14(16)18/h1-7,17H,8H2,(H2,16,18). The molecule has 19 heavy (non-hydrogen) atoms. The van der Waals surface area contributed by atoms with E-state index in [-0.39, 0.29) is 6.61 Å². The molecular weight excluding hydrogens is 310 g/mol. The maximum absolute atomic E-state index is 11.0. The molecule has 0 spiro atoms. The minimum absolute atomic E-state index is 0.109. The molecule has 0 aromatic heterocycles. The van der Waals surface area contributed by atoms with Crippen LogP contribution in [0, 0.1) is 0 Å². The maximum Gasteiger partial charge on any atom is 0.248 e. The van der Waals surface area contributed by atoms with Crippen LogP contribution in [0.4, 0.5) is 0 Å². The summed E-state index contributed by atoms with van der Waals surface area (Å²) in [6.45, 7) is -0.109. The average molecular weight is 322 g/mol. The number of halogens is 1. The van der Waals surface area contributed by atoms with Gasteiger partial charge >= 0.3 is 0 Å². The predicted octanol–water partition coefficient (Wildman–Crippen LogP) is 2.83. The third kappa shape index (κ3) is 3.33. The molecular formula is C14H12BrNO3. The fourth-order valence-electron chi connectivity index (χ4n) is 1.57. The number of carbonyl (C=O) groups excluding carboxylic acids is 1. The van der Waals surface area contributed by atoms with Gasteiger partial charge in [0.15, 0.2) is 0 Å². The Hall–Kier alpha value is -1.85. The van der Waals surface area contributed by atoms with Crippen molar-refractivity contribution < 1.29 is 14.6 Å². The molecule has 0 radical (unpaired) electrons. The summed E-state index contributed by atoms with van der Waals surface area (Å²) in [4.78, 5) is 11.0. The van der Waals surface area contributed by atoms with Crippen molar-refractivity contribution >= 4 is 21.8 Å². The van der Waals surface area contributed by atoms with Gasteiger partial charge in [-0.15, -0.1) is 0 Å². The number of rotatable bonds is 4. The monoisotopic (exact) mass is 321 g/mol. The van der Waals surface area contributed by atoms with Crippen molar-refractivity contribution in [3.8, 4) is 11.5 Å². The minimum atomic E-state index is -0.481. The number of amides is 1. The van der Waals surface area contributed by atoms with Crippen molar-refractivity contribution in [2.45, 2.75) is 6.61 Å². The molecule has 0 fully saturated rings. The quantitative estimate of drug-likeness (QED) is 0.909. The van der Waals surface area contributed by atoms with Gasteiger partial charge in [-0.05, 0) is 36.4 Å². The number of nitrogens with two attached hydrogens (primary N) is 1. The summed E-state index contributed by atoms with van der Waals surface area (Å²) in [5.41, 5.74) is 6.27. The first-order valence-corrected chi connectivity index (χ1v) is 6.36. The van der Waals surface area contributed by atoms with Gasteiger partial charge in [0.25, 0.3) is 0 Å². The van der Waals surface area contributed by atoms with Crippen molar-refractivity contribution in [2.24, 2.45) is 5.73 Å². The van der Waals surface area contributed by atoms with Gasteiger partial charge in [-0.2, -0.15) is 0 Å². The molecule has 0 atom stereocenters. The molecule has 5 heteroatoms. The Morgan fingerprint density at radius 1 is 1.21 bits per heavy atom. The third-order valence-electron chi connectivity index (χ3n) is 2.57. The summed E-state index contributed by atoms with van der Waals surface area (Å²) in [6, 6.07) is 11.9. The molecule has 4 nitrogen and oxygen atoms in total. The molecule has 0 aliphatic carbocycles. The minimum Gasteiger partial charge on any atom is -0.457 e. The fraction of sp³-hybridized carbons (Fsp3) is 0.0714. The van der Waals surface area contributed by atoms with E-state index in [1.165, 1.54) is 0 Å². The van der Waals surface area contributed by atoms with E-state index in [1.807, 2.05) is 6.07 Å². The zero-order valence-corrected chi connectivity index (χ0v) is 11.6. The maximum atomic E-state index is 11.0. The van der Waals surface area contributed by atoms with Gasteiger partial charge in [0.05, 0.1) is 6.61 Å². The molecule has 0 aliphatic heterocycles. The Labute approximate surface area is 118 Å². The van der Waals surface area contributed by atoms with Gasteiger partial charge < -0.3 is 15.6 Å². The highest BCUT2D eigenvalue weighted by atomic mass is 79.9. The first kappa shape index (κ1) is 13.6. The van der Waals surface area contributed by atoms with Gasteiger partial charge in [0.2, 0.25) is 5.91 Å². The number of aliphatic hydroxyl groups excluding tert-OH is 1. The Bertz CT molecular complexity index is 596. The normalized spacial score (nSPS) is 10.2. The zero-order valence-electron chi connectivity index (χ0n) is 9.97. The lowest BCUT2D eigenvalue weighted by molar-refractivity contribution is 0.100. The molecule has 98 valence electrons. The average Bonchev–Trinajstić information content (AvgIpc) is 2.39. The molecule has 0 saturated carbocycles. The lowest BCUT2D eigenvalue weighted by Crippen LogP contribution is -2.10. The molecule has 1 amide bonds. The number of hydrogen-bond donors (Lipinski definition) is 2. The smallest absolute Gasteiger partial charge is 0.248 e. The van der Waals surface area contributed by atoms with Crippen LogP contribution in [-0.4, -0.2) is 11.0 Å². The molecule has 2 aromatic rings. The largest absolute Gasteiger partial charge is 0.457 e. The highest BCUT2D eigenvalue weighted by Crippen LogP contribution is 2.28. The van der Waals surface area contributed by atoms with Crippen molar-refractivity contribution in [3.63, 3.8) is 0 Å². The number of benzene rings is 2. The van der Waals surface area contributed by atoms with E-state index >= 15 is 0 Å². The zero-order chi connectivity index (χ0) is 13.8. The van der Waals surface area contributed by atoms with E-state index in [1.54, 1.807) is 36.4 Å². The van der Waals surface area contributed by atoms with Crippen LogP contribution in [-0.2, 0) is 6.61 Å². The van der Waals surface area contributed by atoms with Crippen molar-refractivity contribution in [3.05, 3.63) is 58.1 Å². The highest BCUT2D eigenvalue weighted by molar-refractivity contribution is 9.10. The third-order valence-corrected chi connectivity index (χ3v) is 3.06. The van der Waals surface area contributed by atoms with Gasteiger partial charge in [0.1, 0.15) is 11.5 Å². The second-order valence-corrected chi connectivity index (χ2v) is 4.82. The first-order valence-electron chi connectivity index (χ1n) is 5.57. The SMILES string of the molecule is NC(=O)c1ccc(Oc2cc(Br)ccc2CO)cc1. The first-order chi connectivity index (χ1) is 9.10. The number of aliphatic hydroxyl groups is 1. The summed E-state index contributed by atoms with van der Waals surface area (Å²) in [7, 11) is 0. The van der Waals surface area contributed by atoms with E-state index in [0.717, 1.165) is 4.47 Å². The molecule has 2 aromatic carbocycles. The summed E-state index contributed by atoms with van der Waals surface area (Å²) in [5.74, 6) is 0.645. The fourth-order valence-corrected chi connectivity index (χ4v) is 1.91. The Balaban J connectivity index is 2.25. The number of primary amides is 1. The number of carbonyl (C=O) groups is 1. The summed E-state index contributed by atoms with van der Waals surface area (Å²) in [6.07, 6.45) is 0. The number of ether oxygens (including phenoxy) is 1. The molecule has 2 rings (SSSR count). The molecule has 0 saturated heterocycles. The van der Waals surface area contributed by atoms with Crippen LogP contribution in [0.2, 0.25) is 0 Å².